The Labute approximate surface area is 194 Å². The fraction of sp³-hybridized carbons (Fsp3) is 0.217. The van der Waals surface area contributed by atoms with Crippen molar-refractivity contribution in [3.8, 4) is 5.69 Å². The first-order valence-electron chi connectivity index (χ1n) is 10.4. The minimum absolute atomic E-state index is 0.114. The Bertz CT molecular complexity index is 1430. The normalized spacial score (nSPS) is 14.6. The third kappa shape index (κ3) is 4.51. The highest BCUT2D eigenvalue weighted by molar-refractivity contribution is 6.04. The third-order valence-electron chi connectivity index (χ3n) is 5.45. The predicted molar refractivity (Wildman–Crippen MR) is 116 cm³/mol. The van der Waals surface area contributed by atoms with Gasteiger partial charge in [0, 0.05) is 24.9 Å². The molecule has 0 saturated carbocycles. The zero-order valence-electron chi connectivity index (χ0n) is 18.1. The molecule has 0 aliphatic carbocycles. The Morgan fingerprint density at radius 2 is 1.91 bits per heavy atom. The van der Waals surface area contributed by atoms with E-state index in [1.807, 2.05) is 0 Å². The van der Waals surface area contributed by atoms with E-state index in [1.165, 1.54) is 30.0 Å². The van der Waals surface area contributed by atoms with Crippen LogP contribution < -0.4 is 15.6 Å². The molecule has 7 nitrogen and oxygen atoms in total. The molecule has 2 aromatic heterocycles. The first-order valence-corrected chi connectivity index (χ1v) is 10.4. The molecule has 1 aliphatic rings. The average Bonchev–Trinajstić information content (AvgIpc) is 3.23. The second kappa shape index (κ2) is 8.93. The summed E-state index contributed by atoms with van der Waals surface area (Å²) in [6.45, 7) is 1.41. The SMILES string of the molecule is CCC(NC(=O)c1cn(-c2ccc(F)cc2F)c2nc(N3CC=CC3=O)ccc2c1=O)C(F)(F)F. The smallest absolute Gasteiger partial charge is 0.340 e. The number of alkyl halides is 3. The van der Waals surface area contributed by atoms with E-state index in [-0.39, 0.29) is 35.0 Å². The molecule has 1 aliphatic heterocycles. The summed E-state index contributed by atoms with van der Waals surface area (Å²) >= 11 is 0. The first kappa shape index (κ1) is 24.0. The van der Waals surface area contributed by atoms with Crippen LogP contribution in [0.2, 0.25) is 0 Å². The molecule has 1 unspecified atom stereocenters. The molecule has 1 N–H and O–H groups in total. The number of carbonyl (C=O) groups is 2. The Morgan fingerprint density at radius 1 is 1.17 bits per heavy atom. The summed E-state index contributed by atoms with van der Waals surface area (Å²) in [5.41, 5.74) is -2.14. The molecule has 3 heterocycles. The Morgan fingerprint density at radius 3 is 2.51 bits per heavy atom. The van der Waals surface area contributed by atoms with E-state index in [0.29, 0.717) is 6.07 Å². The number of halogens is 5. The van der Waals surface area contributed by atoms with Gasteiger partial charge in [0.15, 0.2) is 5.65 Å². The van der Waals surface area contributed by atoms with E-state index in [2.05, 4.69) is 4.98 Å². The fourth-order valence-electron chi connectivity index (χ4n) is 3.66. The van der Waals surface area contributed by atoms with Crippen molar-refractivity contribution in [1.29, 1.82) is 0 Å². The van der Waals surface area contributed by atoms with E-state index in [4.69, 9.17) is 0 Å². The second-order valence-corrected chi connectivity index (χ2v) is 7.71. The molecule has 0 bridgehead atoms. The van der Waals surface area contributed by atoms with Gasteiger partial charge in [-0.2, -0.15) is 13.2 Å². The van der Waals surface area contributed by atoms with Crippen LogP contribution >= 0.6 is 0 Å². The minimum Gasteiger partial charge on any atom is -0.340 e. The molecule has 1 atom stereocenters. The van der Waals surface area contributed by atoms with Gasteiger partial charge in [-0.15, -0.1) is 0 Å². The van der Waals surface area contributed by atoms with Gasteiger partial charge in [0.1, 0.15) is 29.1 Å². The summed E-state index contributed by atoms with van der Waals surface area (Å²) in [6.07, 6.45) is -1.49. The van der Waals surface area contributed by atoms with Crippen molar-refractivity contribution in [2.75, 3.05) is 11.4 Å². The monoisotopic (exact) mass is 492 g/mol. The van der Waals surface area contributed by atoms with Crippen molar-refractivity contribution in [3.63, 3.8) is 0 Å². The molecule has 4 rings (SSSR count). The van der Waals surface area contributed by atoms with Gasteiger partial charge < -0.3 is 5.32 Å². The summed E-state index contributed by atoms with van der Waals surface area (Å²) in [7, 11) is 0. The molecule has 0 fully saturated rings. The summed E-state index contributed by atoms with van der Waals surface area (Å²) in [5.74, 6) is -3.56. The lowest BCUT2D eigenvalue weighted by Gasteiger charge is -2.21. The number of aromatic nitrogens is 2. The van der Waals surface area contributed by atoms with Crippen LogP contribution in [0.25, 0.3) is 16.7 Å². The lowest BCUT2D eigenvalue weighted by atomic mass is 10.1. The van der Waals surface area contributed by atoms with Crippen molar-refractivity contribution < 1.29 is 31.5 Å². The highest BCUT2D eigenvalue weighted by Gasteiger charge is 2.39. The summed E-state index contributed by atoms with van der Waals surface area (Å²) in [4.78, 5) is 43.4. The number of nitrogens with one attached hydrogen (secondary N) is 1. The van der Waals surface area contributed by atoms with Crippen molar-refractivity contribution in [3.05, 3.63) is 76.1 Å². The van der Waals surface area contributed by atoms with Crippen LogP contribution in [-0.2, 0) is 4.79 Å². The van der Waals surface area contributed by atoms with Gasteiger partial charge in [-0.3, -0.25) is 23.9 Å². The highest BCUT2D eigenvalue weighted by Crippen LogP contribution is 2.25. The second-order valence-electron chi connectivity index (χ2n) is 7.71. The maximum atomic E-state index is 14.7. The summed E-state index contributed by atoms with van der Waals surface area (Å²) < 4.78 is 68.7. The quantitative estimate of drug-likeness (QED) is 0.552. The van der Waals surface area contributed by atoms with E-state index in [1.54, 1.807) is 11.4 Å². The Kier molecular flexibility index (Phi) is 6.14. The predicted octanol–water partition coefficient (Wildman–Crippen LogP) is 3.64. The minimum atomic E-state index is -4.75. The van der Waals surface area contributed by atoms with Gasteiger partial charge >= 0.3 is 6.18 Å². The number of anilines is 1. The molecule has 35 heavy (non-hydrogen) atoms. The average molecular weight is 492 g/mol. The van der Waals surface area contributed by atoms with Crippen LogP contribution in [0.5, 0.6) is 0 Å². The van der Waals surface area contributed by atoms with Gasteiger partial charge in [-0.05, 0) is 30.7 Å². The van der Waals surface area contributed by atoms with Crippen LogP contribution in [0, 0.1) is 11.6 Å². The number of hydrogen-bond acceptors (Lipinski definition) is 4. The van der Waals surface area contributed by atoms with Crippen molar-refractivity contribution in [2.45, 2.75) is 25.6 Å². The molecule has 182 valence electrons. The number of benzene rings is 1. The maximum absolute atomic E-state index is 14.7. The van der Waals surface area contributed by atoms with Crippen LogP contribution in [0.3, 0.4) is 0 Å². The Balaban J connectivity index is 1.93. The van der Waals surface area contributed by atoms with E-state index in [0.717, 1.165) is 22.9 Å². The molecule has 3 aromatic rings. The summed E-state index contributed by atoms with van der Waals surface area (Å²) in [5, 5.41) is 1.56. The van der Waals surface area contributed by atoms with Crippen molar-refractivity contribution >= 4 is 28.7 Å². The number of rotatable bonds is 5. The van der Waals surface area contributed by atoms with Gasteiger partial charge in [-0.1, -0.05) is 13.0 Å². The van der Waals surface area contributed by atoms with Gasteiger partial charge in [0.05, 0.1) is 11.1 Å². The Hall–Kier alpha value is -4.09. The van der Waals surface area contributed by atoms with Gasteiger partial charge in [0.2, 0.25) is 5.43 Å². The number of carbonyl (C=O) groups excluding carboxylic acids is 2. The lowest BCUT2D eigenvalue weighted by molar-refractivity contribution is -0.153. The van der Waals surface area contributed by atoms with Crippen LogP contribution in [0.1, 0.15) is 23.7 Å². The fourth-order valence-corrected chi connectivity index (χ4v) is 3.66. The van der Waals surface area contributed by atoms with E-state index >= 15 is 0 Å². The number of pyridine rings is 2. The molecular weight excluding hydrogens is 475 g/mol. The molecule has 0 saturated heterocycles. The molecule has 0 radical (unpaired) electrons. The van der Waals surface area contributed by atoms with Gasteiger partial charge in [-0.25, -0.2) is 13.8 Å². The zero-order chi connectivity index (χ0) is 25.5. The van der Waals surface area contributed by atoms with Crippen LogP contribution in [0.4, 0.5) is 27.8 Å². The maximum Gasteiger partial charge on any atom is 0.408 e. The number of hydrogen-bond donors (Lipinski definition) is 1. The van der Waals surface area contributed by atoms with E-state index in [9.17, 15) is 36.3 Å². The molecule has 2 amide bonds. The largest absolute Gasteiger partial charge is 0.408 e. The van der Waals surface area contributed by atoms with Crippen LogP contribution in [-0.4, -0.2) is 40.1 Å². The zero-order valence-corrected chi connectivity index (χ0v) is 18.1. The molecule has 12 heteroatoms. The van der Waals surface area contributed by atoms with Gasteiger partial charge in [0.25, 0.3) is 11.8 Å². The molecule has 1 aromatic carbocycles. The van der Waals surface area contributed by atoms with Crippen molar-refractivity contribution in [2.24, 2.45) is 0 Å². The number of fused-ring (bicyclic) bond motifs is 1. The standard InChI is InChI=1S/C23H17F5N4O3/c1-2-17(23(26,27)28)29-22(35)14-11-32(16-7-5-12(24)10-15(16)25)21-13(20(14)34)6-8-18(30-21)31-9-3-4-19(31)33/h3-8,10-11,17H,2,9H2,1H3,(H,29,35). The number of nitrogens with zero attached hydrogens (tertiary/aromatic N) is 3. The third-order valence-corrected chi connectivity index (χ3v) is 5.45. The number of amides is 2. The molecular formula is C23H17F5N4O3. The van der Waals surface area contributed by atoms with Crippen LogP contribution in [0.15, 0.2) is 53.5 Å². The molecule has 0 spiro atoms. The summed E-state index contributed by atoms with van der Waals surface area (Å²) in [6, 6.07) is 2.87. The van der Waals surface area contributed by atoms with Crippen molar-refractivity contribution in [1.82, 2.24) is 14.9 Å². The first-order chi connectivity index (χ1) is 16.5. The lowest BCUT2D eigenvalue weighted by Crippen LogP contribution is -2.46. The highest BCUT2D eigenvalue weighted by atomic mass is 19.4. The topological polar surface area (TPSA) is 84.3 Å². The van der Waals surface area contributed by atoms with E-state index < -0.39 is 47.2 Å².